The Morgan fingerprint density at radius 3 is 2.91 bits per heavy atom. The van der Waals surface area contributed by atoms with Crippen LogP contribution in [0.2, 0.25) is 0 Å². The number of ether oxygens (including phenoxy) is 1. The minimum Gasteiger partial charge on any atom is -0.459 e. The molecule has 1 aromatic heterocycles. The highest BCUT2D eigenvalue weighted by Crippen LogP contribution is 2.18. The zero-order valence-electron chi connectivity index (χ0n) is 11.8. The van der Waals surface area contributed by atoms with Crippen LogP contribution in [0.5, 0.6) is 0 Å². The first-order chi connectivity index (χ1) is 10.5. The number of nitrogens with one attached hydrogen (secondary N) is 1. The van der Waals surface area contributed by atoms with Crippen molar-refractivity contribution in [1.82, 2.24) is 15.8 Å². The highest BCUT2D eigenvalue weighted by atomic mass is 19.1. The number of aromatic nitrogens is 2. The summed E-state index contributed by atoms with van der Waals surface area (Å²) in [6, 6.07) is 4.18. The molecule has 0 spiro atoms. The van der Waals surface area contributed by atoms with Gasteiger partial charge in [0.25, 0.3) is 0 Å². The van der Waals surface area contributed by atoms with E-state index in [9.17, 15) is 14.4 Å². The lowest BCUT2D eigenvalue weighted by molar-refractivity contribution is -0.142. The number of hydroxylamine groups is 1. The van der Waals surface area contributed by atoms with Gasteiger partial charge < -0.3 is 4.74 Å². The topological polar surface area (TPSA) is 110 Å². The lowest BCUT2D eigenvalue weighted by Gasteiger charge is -2.04. The van der Waals surface area contributed by atoms with Crippen LogP contribution in [-0.4, -0.2) is 27.3 Å². The number of amidine groups is 1. The first kappa shape index (κ1) is 15.6. The summed E-state index contributed by atoms with van der Waals surface area (Å²) < 4.78 is 22.6. The summed E-state index contributed by atoms with van der Waals surface area (Å²) in [7, 11) is 0. The molecule has 0 bridgehead atoms. The smallest absolute Gasteiger partial charge is 0.303 e. The van der Waals surface area contributed by atoms with E-state index in [0.717, 1.165) is 0 Å². The van der Waals surface area contributed by atoms with E-state index in [0.29, 0.717) is 11.3 Å². The third-order valence-electron chi connectivity index (χ3n) is 2.68. The van der Waals surface area contributed by atoms with Gasteiger partial charge in [0, 0.05) is 6.92 Å². The summed E-state index contributed by atoms with van der Waals surface area (Å²) in [6.45, 7) is 2.65. The number of rotatable bonds is 4. The molecular formula is C13H13FN4O4. The van der Waals surface area contributed by atoms with E-state index in [-0.39, 0.29) is 29.6 Å². The van der Waals surface area contributed by atoms with Crippen molar-refractivity contribution in [2.45, 2.75) is 20.5 Å². The molecule has 0 radical (unpaired) electrons. The number of carbonyl (C=O) groups is 1. The van der Waals surface area contributed by atoms with Gasteiger partial charge in [0.05, 0.1) is 5.69 Å². The average molecular weight is 308 g/mol. The second-order valence-electron chi connectivity index (χ2n) is 4.35. The van der Waals surface area contributed by atoms with Gasteiger partial charge in [-0.05, 0) is 35.8 Å². The molecule has 116 valence electrons. The average Bonchev–Trinajstić information content (AvgIpc) is 2.94. The fourth-order valence-corrected chi connectivity index (χ4v) is 1.61. The number of benzene rings is 1. The van der Waals surface area contributed by atoms with Crippen LogP contribution in [0.25, 0.3) is 0 Å². The van der Waals surface area contributed by atoms with E-state index >= 15 is 0 Å². The van der Waals surface area contributed by atoms with E-state index < -0.39 is 5.97 Å². The lowest BCUT2D eigenvalue weighted by Crippen LogP contribution is -2.22. The van der Waals surface area contributed by atoms with Gasteiger partial charge >= 0.3 is 5.97 Å². The minimum absolute atomic E-state index is 0.0746. The second kappa shape index (κ2) is 6.76. The summed E-state index contributed by atoms with van der Waals surface area (Å²) in [5.74, 6) is -0.941. The molecule has 1 aromatic carbocycles. The van der Waals surface area contributed by atoms with Crippen molar-refractivity contribution >= 4 is 17.5 Å². The van der Waals surface area contributed by atoms with Crippen molar-refractivity contribution in [2.75, 3.05) is 0 Å². The molecule has 0 saturated carbocycles. The van der Waals surface area contributed by atoms with E-state index in [1.54, 1.807) is 6.92 Å². The Bertz CT molecular complexity index is 714. The zero-order chi connectivity index (χ0) is 16.1. The van der Waals surface area contributed by atoms with Crippen LogP contribution in [-0.2, 0) is 16.1 Å². The highest BCUT2D eigenvalue weighted by molar-refractivity contribution is 5.98. The zero-order valence-corrected chi connectivity index (χ0v) is 11.8. The Morgan fingerprint density at radius 2 is 2.27 bits per heavy atom. The van der Waals surface area contributed by atoms with Gasteiger partial charge in [-0.15, -0.1) is 0 Å². The summed E-state index contributed by atoms with van der Waals surface area (Å²) in [5.41, 5.74) is 2.90. The van der Waals surface area contributed by atoms with Crippen LogP contribution in [0.3, 0.4) is 0 Å². The Morgan fingerprint density at radius 1 is 1.50 bits per heavy atom. The fraction of sp³-hybridized carbons (Fsp3) is 0.231. The van der Waals surface area contributed by atoms with Crippen molar-refractivity contribution in [3.05, 3.63) is 41.0 Å². The molecule has 2 N–H and O–H groups in total. The van der Waals surface area contributed by atoms with Gasteiger partial charge in [-0.25, -0.2) is 14.0 Å². The molecule has 1 heterocycles. The number of aryl methyl sites for hydroxylation is 1. The molecule has 0 saturated heterocycles. The summed E-state index contributed by atoms with van der Waals surface area (Å²) in [4.78, 5) is 14.9. The molecule has 8 nitrogen and oxygen atoms in total. The molecule has 0 atom stereocenters. The molecular weight excluding hydrogens is 295 g/mol. The lowest BCUT2D eigenvalue weighted by atomic mass is 10.2. The van der Waals surface area contributed by atoms with Gasteiger partial charge in [0.2, 0.25) is 0 Å². The van der Waals surface area contributed by atoms with Crippen LogP contribution < -0.4 is 5.48 Å². The SMILES string of the molecule is CC(=O)OCc1nonc1C(=Nc1ccc(F)c(C)c1)NO. The first-order valence-electron chi connectivity index (χ1n) is 6.21. The number of halogens is 1. The number of aliphatic imine (C=N–C) groups is 1. The van der Waals surface area contributed by atoms with Gasteiger partial charge in [0.15, 0.2) is 17.2 Å². The van der Waals surface area contributed by atoms with Crippen LogP contribution >= 0.6 is 0 Å². The van der Waals surface area contributed by atoms with Crippen LogP contribution in [0.15, 0.2) is 27.8 Å². The maximum absolute atomic E-state index is 13.2. The van der Waals surface area contributed by atoms with Crippen molar-refractivity contribution in [1.29, 1.82) is 0 Å². The van der Waals surface area contributed by atoms with Crippen molar-refractivity contribution < 1.29 is 23.8 Å². The quantitative estimate of drug-likeness (QED) is 0.382. The number of hydrogen-bond acceptors (Lipinski definition) is 7. The standard InChI is InChI=1S/C13H13FN4O4/c1-7-5-9(3-4-10(7)14)15-13(16-20)12-11(17-22-18-12)6-21-8(2)19/h3-5,20H,6H2,1-2H3,(H,15,16). The minimum atomic E-state index is -0.501. The summed E-state index contributed by atoms with van der Waals surface area (Å²) in [6.07, 6.45) is 0. The number of esters is 1. The fourth-order valence-electron chi connectivity index (χ4n) is 1.61. The Kier molecular flexibility index (Phi) is 4.79. The number of hydrogen-bond donors (Lipinski definition) is 2. The normalized spacial score (nSPS) is 11.4. The predicted molar refractivity (Wildman–Crippen MR) is 72.0 cm³/mol. The van der Waals surface area contributed by atoms with Gasteiger partial charge in [0.1, 0.15) is 12.4 Å². The van der Waals surface area contributed by atoms with Crippen LogP contribution in [0, 0.1) is 12.7 Å². The molecule has 22 heavy (non-hydrogen) atoms. The Hall–Kier alpha value is -2.81. The number of carbonyl (C=O) groups excluding carboxylic acids is 1. The molecule has 9 heteroatoms. The molecule has 0 amide bonds. The molecule has 0 aliphatic heterocycles. The van der Waals surface area contributed by atoms with Gasteiger partial charge in [-0.1, -0.05) is 5.16 Å². The predicted octanol–water partition coefficient (Wildman–Crippen LogP) is 1.64. The molecule has 2 rings (SSSR count). The largest absolute Gasteiger partial charge is 0.459 e. The molecule has 0 aliphatic rings. The van der Waals surface area contributed by atoms with E-state index in [1.807, 2.05) is 5.48 Å². The van der Waals surface area contributed by atoms with Crippen LogP contribution in [0.4, 0.5) is 10.1 Å². The molecule has 0 unspecified atom stereocenters. The maximum atomic E-state index is 13.2. The third kappa shape index (κ3) is 3.64. The summed E-state index contributed by atoms with van der Waals surface area (Å²) in [5, 5.41) is 16.4. The maximum Gasteiger partial charge on any atom is 0.303 e. The Labute approximate surface area is 124 Å². The van der Waals surface area contributed by atoms with Crippen molar-refractivity contribution in [3.8, 4) is 0 Å². The monoisotopic (exact) mass is 308 g/mol. The molecule has 0 fully saturated rings. The van der Waals surface area contributed by atoms with Crippen molar-refractivity contribution in [2.24, 2.45) is 4.99 Å². The molecule has 0 aliphatic carbocycles. The van der Waals surface area contributed by atoms with Gasteiger partial charge in [-0.2, -0.15) is 0 Å². The first-order valence-corrected chi connectivity index (χ1v) is 6.21. The Balaban J connectivity index is 2.31. The van der Waals surface area contributed by atoms with E-state index in [2.05, 4.69) is 19.9 Å². The highest BCUT2D eigenvalue weighted by Gasteiger charge is 2.17. The third-order valence-corrected chi connectivity index (χ3v) is 2.68. The second-order valence-corrected chi connectivity index (χ2v) is 4.35. The molecule has 2 aromatic rings. The van der Waals surface area contributed by atoms with E-state index in [4.69, 9.17) is 4.74 Å². The van der Waals surface area contributed by atoms with E-state index in [1.165, 1.54) is 25.1 Å². The van der Waals surface area contributed by atoms with Gasteiger partial charge in [-0.3, -0.25) is 15.5 Å². The van der Waals surface area contributed by atoms with Crippen LogP contribution in [0.1, 0.15) is 23.9 Å². The summed E-state index contributed by atoms with van der Waals surface area (Å²) >= 11 is 0. The number of nitrogens with zero attached hydrogens (tertiary/aromatic N) is 3. The van der Waals surface area contributed by atoms with Crippen molar-refractivity contribution in [3.63, 3.8) is 0 Å².